The summed E-state index contributed by atoms with van der Waals surface area (Å²) in [5, 5.41) is 5.41. The highest BCUT2D eigenvalue weighted by Gasteiger charge is 2.62. The van der Waals surface area contributed by atoms with E-state index in [1.807, 2.05) is 25.1 Å². The minimum Gasteiger partial charge on any atom is -0.345 e. The van der Waals surface area contributed by atoms with Gasteiger partial charge in [0.2, 0.25) is 5.91 Å². The van der Waals surface area contributed by atoms with Crippen molar-refractivity contribution in [2.24, 2.45) is 0 Å². The Morgan fingerprint density at radius 3 is 2.30 bits per heavy atom. The monoisotopic (exact) mass is 420 g/mol. The largest absolute Gasteiger partial charge is 0.345 e. The van der Waals surface area contributed by atoms with E-state index in [1.54, 1.807) is 33.8 Å². The normalized spacial score (nSPS) is 33.4. The Kier molecular flexibility index (Phi) is 5.36. The smallest absolute Gasteiger partial charge is 0.252 e. The maximum absolute atomic E-state index is 12.9. The van der Waals surface area contributed by atoms with Crippen LogP contribution in [0.15, 0.2) is 24.3 Å². The summed E-state index contributed by atoms with van der Waals surface area (Å²) in [6, 6.07) is 7.41. The predicted octanol–water partition coefficient (Wildman–Crippen LogP) is 1.45. The lowest BCUT2D eigenvalue weighted by Crippen LogP contribution is -2.59. The first-order chi connectivity index (χ1) is 14.0. The zero-order chi connectivity index (χ0) is 21.7. The molecule has 9 nitrogen and oxygen atoms in total. The fourth-order valence-electron chi connectivity index (χ4n) is 4.00. The summed E-state index contributed by atoms with van der Waals surface area (Å²) in [5.41, 5.74) is 1.63. The van der Waals surface area contributed by atoms with E-state index in [2.05, 4.69) is 10.6 Å². The quantitative estimate of drug-likeness (QED) is 0.760. The minimum absolute atomic E-state index is 0.203. The lowest BCUT2D eigenvalue weighted by atomic mass is 9.98. The third-order valence-corrected chi connectivity index (χ3v) is 5.26. The summed E-state index contributed by atoms with van der Waals surface area (Å²) >= 11 is 0. The van der Waals surface area contributed by atoms with Gasteiger partial charge in [0.1, 0.15) is 18.3 Å². The van der Waals surface area contributed by atoms with Gasteiger partial charge in [-0.1, -0.05) is 18.2 Å². The van der Waals surface area contributed by atoms with Gasteiger partial charge in [-0.25, -0.2) is 0 Å². The van der Waals surface area contributed by atoms with Crippen molar-refractivity contribution < 1.29 is 33.3 Å². The highest BCUT2D eigenvalue weighted by atomic mass is 16.9. The summed E-state index contributed by atoms with van der Waals surface area (Å²) in [6.45, 7) is 8.78. The van der Waals surface area contributed by atoms with Crippen LogP contribution < -0.4 is 10.6 Å². The van der Waals surface area contributed by atoms with Crippen molar-refractivity contribution in [3.05, 3.63) is 29.8 Å². The van der Waals surface area contributed by atoms with Crippen molar-refractivity contribution in [3.63, 3.8) is 0 Å². The van der Waals surface area contributed by atoms with Crippen LogP contribution in [0.25, 0.3) is 0 Å². The number of carbonyl (C=O) groups is 2. The third-order valence-electron chi connectivity index (χ3n) is 5.26. The Morgan fingerprint density at radius 1 is 0.933 bits per heavy atom. The first kappa shape index (κ1) is 21.2. The SMILES string of the molecule is Cc1ccccc1NC(=O)CNC(=O)[C@H]1O[C@@H]2OC(C)(C)O[C@H]2[C@H]2OC(C)(C)O[C@@H]21. The highest BCUT2D eigenvalue weighted by Crippen LogP contribution is 2.44. The minimum atomic E-state index is -0.998. The molecular weight excluding hydrogens is 392 g/mol. The first-order valence-corrected chi connectivity index (χ1v) is 10.0. The molecule has 30 heavy (non-hydrogen) atoms. The second kappa shape index (κ2) is 7.58. The average molecular weight is 420 g/mol. The maximum Gasteiger partial charge on any atom is 0.252 e. The molecule has 0 aliphatic carbocycles. The molecule has 164 valence electrons. The van der Waals surface area contributed by atoms with E-state index in [0.717, 1.165) is 5.56 Å². The Balaban J connectivity index is 1.41. The van der Waals surface area contributed by atoms with Crippen LogP contribution in [0.4, 0.5) is 5.69 Å². The van der Waals surface area contributed by atoms with Gasteiger partial charge in [-0.2, -0.15) is 0 Å². The zero-order valence-corrected chi connectivity index (χ0v) is 17.8. The van der Waals surface area contributed by atoms with Crippen molar-refractivity contribution in [3.8, 4) is 0 Å². The van der Waals surface area contributed by atoms with E-state index in [1.165, 1.54) is 0 Å². The van der Waals surface area contributed by atoms with E-state index < -0.39 is 48.2 Å². The van der Waals surface area contributed by atoms with Crippen LogP contribution in [-0.4, -0.2) is 60.6 Å². The van der Waals surface area contributed by atoms with Crippen LogP contribution in [0, 0.1) is 6.92 Å². The van der Waals surface area contributed by atoms with E-state index in [0.29, 0.717) is 5.69 Å². The molecule has 3 heterocycles. The summed E-state index contributed by atoms with van der Waals surface area (Å²) in [4.78, 5) is 25.2. The molecule has 3 aliphatic rings. The Bertz CT molecular complexity index is 840. The van der Waals surface area contributed by atoms with Crippen LogP contribution in [0.2, 0.25) is 0 Å². The molecule has 9 heteroatoms. The van der Waals surface area contributed by atoms with Crippen LogP contribution in [0.3, 0.4) is 0 Å². The van der Waals surface area contributed by atoms with Gasteiger partial charge < -0.3 is 34.3 Å². The fourth-order valence-corrected chi connectivity index (χ4v) is 4.00. The molecule has 2 N–H and O–H groups in total. The van der Waals surface area contributed by atoms with Crippen LogP contribution in [0.1, 0.15) is 33.3 Å². The molecule has 4 rings (SSSR count). The van der Waals surface area contributed by atoms with E-state index in [-0.39, 0.29) is 12.5 Å². The molecule has 0 saturated carbocycles. The molecule has 3 aliphatic heterocycles. The van der Waals surface area contributed by atoms with Crippen LogP contribution in [-0.2, 0) is 33.3 Å². The first-order valence-electron chi connectivity index (χ1n) is 10.0. The number of hydrogen-bond donors (Lipinski definition) is 2. The summed E-state index contributed by atoms with van der Waals surface area (Å²) in [7, 11) is 0. The van der Waals surface area contributed by atoms with Gasteiger partial charge in [0.25, 0.3) is 5.91 Å². The molecule has 0 bridgehead atoms. The maximum atomic E-state index is 12.9. The van der Waals surface area contributed by atoms with Gasteiger partial charge in [0.15, 0.2) is 24.0 Å². The molecule has 0 unspecified atom stereocenters. The third kappa shape index (κ3) is 4.21. The standard InChI is InChI=1S/C21H28N2O7/c1-11-8-6-7-9-12(11)23-13(24)10-22-18(25)16-14-15(28-20(2,3)27-14)17-19(26-16)30-21(4,5)29-17/h6-9,14-17,19H,10H2,1-5H3,(H,22,25)(H,23,24)/t14-,15-,16-,17-,19+/m0/s1. The fraction of sp³-hybridized carbons (Fsp3) is 0.619. The number of ether oxygens (including phenoxy) is 5. The number of nitrogens with one attached hydrogen (secondary N) is 2. The number of carbonyl (C=O) groups excluding carboxylic acids is 2. The second-order valence-electron chi connectivity index (χ2n) is 8.67. The van der Waals surface area contributed by atoms with Crippen molar-refractivity contribution in [1.29, 1.82) is 0 Å². The lowest BCUT2D eigenvalue weighted by Gasteiger charge is -2.36. The van der Waals surface area contributed by atoms with E-state index in [4.69, 9.17) is 23.7 Å². The lowest BCUT2D eigenvalue weighted by molar-refractivity contribution is -0.231. The average Bonchev–Trinajstić information content (AvgIpc) is 3.14. The van der Waals surface area contributed by atoms with Crippen molar-refractivity contribution in [2.75, 3.05) is 11.9 Å². The van der Waals surface area contributed by atoms with E-state index >= 15 is 0 Å². The summed E-state index contributed by atoms with van der Waals surface area (Å²) in [6.07, 6.45) is -3.49. The molecular formula is C21H28N2O7. The number of amides is 2. The van der Waals surface area contributed by atoms with Gasteiger partial charge in [-0.05, 0) is 46.2 Å². The molecule has 5 atom stereocenters. The number of hydrogen-bond acceptors (Lipinski definition) is 7. The number of para-hydroxylation sites is 1. The molecule has 1 aromatic rings. The Labute approximate surface area is 175 Å². The van der Waals surface area contributed by atoms with Gasteiger partial charge in [-0.3, -0.25) is 9.59 Å². The Hall–Kier alpha value is -2.04. The summed E-state index contributed by atoms with van der Waals surface area (Å²) in [5.74, 6) is -2.58. The topological polar surface area (TPSA) is 104 Å². The van der Waals surface area contributed by atoms with Crippen molar-refractivity contribution in [1.82, 2.24) is 5.32 Å². The van der Waals surface area contributed by atoms with Gasteiger partial charge in [-0.15, -0.1) is 0 Å². The number of rotatable bonds is 4. The van der Waals surface area contributed by atoms with Crippen molar-refractivity contribution in [2.45, 2.75) is 76.9 Å². The molecule has 0 spiro atoms. The molecule has 0 aromatic heterocycles. The molecule has 0 radical (unpaired) electrons. The van der Waals surface area contributed by atoms with Crippen LogP contribution in [0.5, 0.6) is 0 Å². The van der Waals surface area contributed by atoms with Gasteiger partial charge in [0.05, 0.1) is 6.54 Å². The number of anilines is 1. The molecule has 2 amide bonds. The Morgan fingerprint density at radius 2 is 1.57 bits per heavy atom. The van der Waals surface area contributed by atoms with Crippen molar-refractivity contribution >= 4 is 17.5 Å². The molecule has 1 aromatic carbocycles. The number of aryl methyl sites for hydroxylation is 1. The number of benzene rings is 1. The van der Waals surface area contributed by atoms with Gasteiger partial charge in [0, 0.05) is 5.69 Å². The predicted molar refractivity (Wildman–Crippen MR) is 105 cm³/mol. The number of fused-ring (bicyclic) bond motifs is 3. The van der Waals surface area contributed by atoms with Gasteiger partial charge >= 0.3 is 0 Å². The van der Waals surface area contributed by atoms with Crippen LogP contribution >= 0.6 is 0 Å². The molecule has 3 saturated heterocycles. The summed E-state index contributed by atoms with van der Waals surface area (Å²) < 4.78 is 29.5. The highest BCUT2D eigenvalue weighted by molar-refractivity contribution is 5.95. The van der Waals surface area contributed by atoms with E-state index in [9.17, 15) is 9.59 Å². The molecule has 3 fully saturated rings. The zero-order valence-electron chi connectivity index (χ0n) is 17.8. The second-order valence-corrected chi connectivity index (χ2v) is 8.67.